The Balaban J connectivity index is 1.32. The molecule has 0 fully saturated rings. The summed E-state index contributed by atoms with van der Waals surface area (Å²) in [5, 5.41) is 2.84. The zero-order chi connectivity index (χ0) is 20.2. The van der Waals surface area contributed by atoms with Crippen molar-refractivity contribution in [3.05, 3.63) is 77.0 Å². The number of aromatic nitrogens is 3. The highest BCUT2D eigenvalue weighted by Crippen LogP contribution is 2.24. The van der Waals surface area contributed by atoms with E-state index in [9.17, 15) is 9.59 Å². The summed E-state index contributed by atoms with van der Waals surface area (Å²) in [7, 11) is 0. The van der Waals surface area contributed by atoms with E-state index in [0.717, 1.165) is 22.4 Å². The lowest BCUT2D eigenvalue weighted by atomic mass is 10.1. The summed E-state index contributed by atoms with van der Waals surface area (Å²) in [6.45, 7) is 3.30. The van der Waals surface area contributed by atoms with Gasteiger partial charge in [0, 0.05) is 44.6 Å². The Morgan fingerprint density at radius 2 is 2.03 bits per heavy atom. The van der Waals surface area contributed by atoms with Crippen molar-refractivity contribution in [3.8, 4) is 0 Å². The molecule has 0 spiro atoms. The minimum Gasteiger partial charge on any atom is -0.438 e. The summed E-state index contributed by atoms with van der Waals surface area (Å²) in [6.07, 6.45) is 7.19. The first-order valence-corrected chi connectivity index (χ1v) is 9.42. The smallest absolute Gasteiger partial charge is 0.289 e. The zero-order valence-electron chi connectivity index (χ0n) is 16.1. The van der Waals surface area contributed by atoms with Crippen LogP contribution in [0, 0.1) is 6.92 Å². The van der Waals surface area contributed by atoms with Gasteiger partial charge in [-0.3, -0.25) is 19.6 Å². The van der Waals surface area contributed by atoms with Crippen LogP contribution in [0.3, 0.4) is 0 Å². The van der Waals surface area contributed by atoms with Crippen LogP contribution >= 0.6 is 0 Å². The Morgan fingerprint density at radius 3 is 2.79 bits per heavy atom. The Morgan fingerprint density at radius 1 is 1.17 bits per heavy atom. The van der Waals surface area contributed by atoms with Crippen LogP contribution in [-0.2, 0) is 30.8 Å². The lowest BCUT2D eigenvalue weighted by Gasteiger charge is -2.15. The van der Waals surface area contributed by atoms with Crippen molar-refractivity contribution in [2.24, 2.45) is 0 Å². The van der Waals surface area contributed by atoms with E-state index in [0.29, 0.717) is 38.2 Å². The highest BCUT2D eigenvalue weighted by atomic mass is 16.3. The van der Waals surface area contributed by atoms with Crippen molar-refractivity contribution in [1.82, 2.24) is 25.2 Å². The molecule has 0 aliphatic carbocycles. The predicted molar refractivity (Wildman–Crippen MR) is 103 cm³/mol. The maximum Gasteiger partial charge on any atom is 0.289 e. The van der Waals surface area contributed by atoms with Crippen molar-refractivity contribution in [2.45, 2.75) is 39.4 Å². The number of hydrogen-bond acceptors (Lipinski definition) is 6. The van der Waals surface area contributed by atoms with Gasteiger partial charge in [0.05, 0.1) is 11.4 Å². The van der Waals surface area contributed by atoms with E-state index in [1.165, 1.54) is 6.39 Å². The molecule has 0 radical (unpaired) electrons. The monoisotopic (exact) mass is 391 g/mol. The minimum atomic E-state index is -0.290. The molecule has 1 N–H and O–H groups in total. The molecule has 3 aromatic rings. The lowest BCUT2D eigenvalue weighted by Crippen LogP contribution is -2.25. The van der Waals surface area contributed by atoms with Gasteiger partial charge in [-0.2, -0.15) is 0 Å². The van der Waals surface area contributed by atoms with Crippen LogP contribution in [0.2, 0.25) is 0 Å². The van der Waals surface area contributed by atoms with Crippen molar-refractivity contribution < 1.29 is 14.0 Å². The van der Waals surface area contributed by atoms with Gasteiger partial charge in [-0.15, -0.1) is 0 Å². The largest absolute Gasteiger partial charge is 0.438 e. The summed E-state index contributed by atoms with van der Waals surface area (Å²) in [6, 6.07) is 6.03. The molecule has 8 heteroatoms. The van der Waals surface area contributed by atoms with Gasteiger partial charge in [-0.05, 0) is 30.0 Å². The third-order valence-electron chi connectivity index (χ3n) is 4.96. The second-order valence-electron chi connectivity index (χ2n) is 7.00. The van der Waals surface area contributed by atoms with Gasteiger partial charge in [-0.1, -0.05) is 18.2 Å². The van der Waals surface area contributed by atoms with Crippen molar-refractivity contribution in [1.29, 1.82) is 0 Å². The molecule has 0 atom stereocenters. The van der Waals surface area contributed by atoms with Gasteiger partial charge in [-0.25, -0.2) is 4.98 Å². The summed E-state index contributed by atoms with van der Waals surface area (Å²) in [5.74, 6) is 0.0369. The van der Waals surface area contributed by atoms with Crippen LogP contribution in [0.25, 0.3) is 0 Å². The highest BCUT2D eigenvalue weighted by Gasteiger charge is 2.23. The van der Waals surface area contributed by atoms with Crippen molar-refractivity contribution in [3.63, 3.8) is 0 Å². The van der Waals surface area contributed by atoms with Crippen LogP contribution < -0.4 is 5.32 Å². The molecule has 0 unspecified atom stereocenters. The van der Waals surface area contributed by atoms with Gasteiger partial charge in [0.15, 0.2) is 6.39 Å². The van der Waals surface area contributed by atoms with E-state index in [-0.39, 0.29) is 17.6 Å². The SMILES string of the molecule is Cc1ncoc1C(=O)NCc1ccc2c(c1)CN(C(=O)CCc1cnccn1)C2. The average molecular weight is 391 g/mol. The van der Waals surface area contributed by atoms with Gasteiger partial charge >= 0.3 is 0 Å². The van der Waals surface area contributed by atoms with Crippen LogP contribution in [0.1, 0.15) is 45.1 Å². The maximum absolute atomic E-state index is 12.6. The number of oxazole rings is 1. The van der Waals surface area contributed by atoms with E-state index >= 15 is 0 Å². The zero-order valence-corrected chi connectivity index (χ0v) is 16.1. The summed E-state index contributed by atoms with van der Waals surface area (Å²) in [5.41, 5.74) is 4.60. The van der Waals surface area contributed by atoms with Crippen molar-refractivity contribution >= 4 is 11.8 Å². The Hall–Kier alpha value is -3.55. The molecule has 1 aliphatic heterocycles. The molecular weight excluding hydrogens is 370 g/mol. The van der Waals surface area contributed by atoms with E-state index in [1.807, 2.05) is 23.1 Å². The normalized spacial score (nSPS) is 12.7. The second kappa shape index (κ2) is 8.22. The van der Waals surface area contributed by atoms with Gasteiger partial charge < -0.3 is 14.6 Å². The molecule has 1 aliphatic rings. The molecule has 4 rings (SSSR count). The van der Waals surface area contributed by atoms with Gasteiger partial charge in [0.1, 0.15) is 0 Å². The van der Waals surface area contributed by atoms with E-state index in [4.69, 9.17) is 4.42 Å². The molecule has 0 saturated carbocycles. The fraction of sp³-hybridized carbons (Fsp3) is 0.286. The van der Waals surface area contributed by atoms with Crippen molar-refractivity contribution in [2.75, 3.05) is 0 Å². The van der Waals surface area contributed by atoms with Crippen LogP contribution in [-0.4, -0.2) is 31.7 Å². The Labute approximate surface area is 168 Å². The topological polar surface area (TPSA) is 101 Å². The van der Waals surface area contributed by atoms with E-state index in [1.54, 1.807) is 25.5 Å². The fourth-order valence-corrected chi connectivity index (χ4v) is 3.37. The number of hydrogen-bond donors (Lipinski definition) is 1. The molecule has 29 heavy (non-hydrogen) atoms. The quantitative estimate of drug-likeness (QED) is 0.691. The first kappa shape index (κ1) is 18.8. The van der Waals surface area contributed by atoms with Gasteiger partial charge in [0.25, 0.3) is 5.91 Å². The summed E-state index contributed by atoms with van der Waals surface area (Å²) >= 11 is 0. The number of fused-ring (bicyclic) bond motifs is 1. The number of carbonyl (C=O) groups is 2. The standard InChI is InChI=1S/C21H21N5O3/c1-14-20(29-13-25-14)21(28)24-9-15-2-3-16-11-26(12-17(16)8-15)19(27)5-4-18-10-22-6-7-23-18/h2-3,6-8,10,13H,4-5,9,11-12H2,1H3,(H,24,28). The third kappa shape index (κ3) is 4.31. The minimum absolute atomic E-state index is 0.0995. The summed E-state index contributed by atoms with van der Waals surface area (Å²) in [4.78, 5) is 38.7. The third-order valence-corrected chi connectivity index (χ3v) is 4.96. The molecule has 8 nitrogen and oxygen atoms in total. The average Bonchev–Trinajstić information content (AvgIpc) is 3.36. The number of nitrogens with zero attached hydrogens (tertiary/aromatic N) is 4. The molecule has 148 valence electrons. The number of amides is 2. The molecule has 3 heterocycles. The first-order chi connectivity index (χ1) is 14.1. The Kier molecular flexibility index (Phi) is 5.33. The van der Waals surface area contributed by atoms with Crippen LogP contribution in [0.5, 0.6) is 0 Å². The number of rotatable bonds is 6. The van der Waals surface area contributed by atoms with E-state index in [2.05, 4.69) is 20.3 Å². The summed E-state index contributed by atoms with van der Waals surface area (Å²) < 4.78 is 5.11. The van der Waals surface area contributed by atoms with Crippen LogP contribution in [0.4, 0.5) is 0 Å². The molecule has 0 saturated heterocycles. The van der Waals surface area contributed by atoms with Crippen LogP contribution in [0.15, 0.2) is 47.6 Å². The number of aryl methyl sites for hydroxylation is 2. The molecule has 1 aromatic carbocycles. The molecular formula is C21H21N5O3. The molecule has 2 amide bonds. The van der Waals surface area contributed by atoms with E-state index < -0.39 is 0 Å². The number of nitrogens with one attached hydrogen (secondary N) is 1. The first-order valence-electron chi connectivity index (χ1n) is 9.42. The lowest BCUT2D eigenvalue weighted by molar-refractivity contribution is -0.131. The molecule has 2 aromatic heterocycles. The molecule has 0 bridgehead atoms. The second-order valence-corrected chi connectivity index (χ2v) is 7.00. The number of benzene rings is 1. The predicted octanol–water partition coefficient (Wildman–Crippen LogP) is 2.18. The Bertz CT molecular complexity index is 1030. The number of carbonyl (C=O) groups excluding carboxylic acids is 2. The highest BCUT2D eigenvalue weighted by molar-refractivity contribution is 5.92. The maximum atomic E-state index is 12.6. The van der Waals surface area contributed by atoms with Gasteiger partial charge in [0.2, 0.25) is 11.7 Å². The fourth-order valence-electron chi connectivity index (χ4n) is 3.37.